The smallest absolute Gasteiger partial charge is 0.269 e. The summed E-state index contributed by atoms with van der Waals surface area (Å²) in [5.74, 6) is -0.215. The van der Waals surface area contributed by atoms with Crippen molar-refractivity contribution in [3.8, 4) is 0 Å². The molecule has 6 heteroatoms. The average molecular weight is 282 g/mol. The molecule has 4 nitrogen and oxygen atoms in total. The maximum atomic E-state index is 12.1. The van der Waals surface area contributed by atoms with Crippen LogP contribution < -0.4 is 5.32 Å². The highest BCUT2D eigenvalue weighted by atomic mass is 35.5. The number of amides is 1. The molecule has 1 N–H and O–H groups in total. The third-order valence-corrected chi connectivity index (χ3v) is 3.55. The third kappa shape index (κ3) is 2.68. The van der Waals surface area contributed by atoms with Gasteiger partial charge in [-0.15, -0.1) is 5.10 Å². The molecule has 94 valence electrons. The van der Waals surface area contributed by atoms with Gasteiger partial charge >= 0.3 is 0 Å². The first kappa shape index (κ1) is 13.0. The molecule has 0 aliphatic rings. The summed E-state index contributed by atoms with van der Waals surface area (Å²) in [6, 6.07) is 5.49. The highest BCUT2D eigenvalue weighted by Gasteiger charge is 2.15. The minimum Gasteiger partial charge on any atom is -0.320 e. The van der Waals surface area contributed by atoms with Gasteiger partial charge in [-0.25, -0.2) is 0 Å². The lowest BCUT2D eigenvalue weighted by atomic mass is 10.2. The minimum absolute atomic E-state index is 0.215. The Balaban J connectivity index is 2.21. The first-order valence-corrected chi connectivity index (χ1v) is 6.65. The number of hydrogen-bond donors (Lipinski definition) is 1. The summed E-state index contributed by atoms with van der Waals surface area (Å²) in [6.45, 7) is 3.88. The number of anilines is 1. The quantitative estimate of drug-likeness (QED) is 0.939. The van der Waals surface area contributed by atoms with Gasteiger partial charge in [0.2, 0.25) is 0 Å². The van der Waals surface area contributed by atoms with Crippen molar-refractivity contribution in [2.24, 2.45) is 0 Å². The highest BCUT2D eigenvalue weighted by molar-refractivity contribution is 7.08. The Kier molecular flexibility index (Phi) is 3.93. The molecule has 0 saturated carbocycles. The lowest BCUT2D eigenvalue weighted by molar-refractivity contribution is 0.102. The van der Waals surface area contributed by atoms with E-state index in [1.807, 2.05) is 26.0 Å². The van der Waals surface area contributed by atoms with Crippen molar-refractivity contribution in [1.82, 2.24) is 9.59 Å². The molecule has 0 spiro atoms. The van der Waals surface area contributed by atoms with Crippen molar-refractivity contribution in [1.29, 1.82) is 0 Å². The van der Waals surface area contributed by atoms with Crippen LogP contribution in [0.3, 0.4) is 0 Å². The Morgan fingerprint density at radius 2 is 2.28 bits per heavy atom. The molecule has 0 bridgehead atoms. The number of nitrogens with one attached hydrogen (secondary N) is 1. The van der Waals surface area contributed by atoms with Crippen LogP contribution in [0.1, 0.15) is 27.9 Å². The maximum Gasteiger partial charge on any atom is 0.269 e. The standard InChI is InChI=1S/C12H12ClN3OS/c1-3-9-11(18-16-15-9)12(17)14-10-5-4-7(2)6-8(10)13/h4-6H,3H2,1-2H3,(H,14,17). The topological polar surface area (TPSA) is 54.9 Å². The molecule has 1 aromatic carbocycles. The lowest BCUT2D eigenvalue weighted by Crippen LogP contribution is -2.12. The Labute approximate surface area is 114 Å². The molecule has 0 aliphatic carbocycles. The van der Waals surface area contributed by atoms with E-state index < -0.39 is 0 Å². The molecule has 0 aliphatic heterocycles. The number of halogens is 1. The summed E-state index contributed by atoms with van der Waals surface area (Å²) in [6.07, 6.45) is 0.681. The second kappa shape index (κ2) is 5.46. The zero-order valence-electron chi connectivity index (χ0n) is 10.0. The van der Waals surface area contributed by atoms with Crippen molar-refractivity contribution < 1.29 is 4.79 Å². The van der Waals surface area contributed by atoms with E-state index in [9.17, 15) is 4.79 Å². The van der Waals surface area contributed by atoms with E-state index in [0.29, 0.717) is 27.7 Å². The van der Waals surface area contributed by atoms with Crippen LogP contribution in [0.25, 0.3) is 0 Å². The molecule has 0 saturated heterocycles. The zero-order chi connectivity index (χ0) is 13.1. The predicted octanol–water partition coefficient (Wildman–Crippen LogP) is 3.31. The number of hydrogen-bond acceptors (Lipinski definition) is 4. The van der Waals surface area contributed by atoms with Crippen molar-refractivity contribution in [3.05, 3.63) is 39.4 Å². The second-order valence-corrected chi connectivity index (χ2v) is 5.00. The summed E-state index contributed by atoms with van der Waals surface area (Å²) in [5.41, 5.74) is 2.36. The van der Waals surface area contributed by atoms with Crippen LogP contribution in [0.2, 0.25) is 5.02 Å². The van der Waals surface area contributed by atoms with Crippen LogP contribution in [-0.2, 0) is 6.42 Å². The first-order valence-electron chi connectivity index (χ1n) is 5.50. The number of aromatic nitrogens is 2. The summed E-state index contributed by atoms with van der Waals surface area (Å²) in [4.78, 5) is 12.6. The number of aryl methyl sites for hydroxylation is 2. The second-order valence-electron chi connectivity index (χ2n) is 3.84. The maximum absolute atomic E-state index is 12.1. The van der Waals surface area contributed by atoms with E-state index >= 15 is 0 Å². The molecule has 2 aromatic rings. The number of carbonyl (C=O) groups excluding carboxylic acids is 1. The number of benzene rings is 1. The van der Waals surface area contributed by atoms with E-state index in [2.05, 4.69) is 14.9 Å². The van der Waals surface area contributed by atoms with Crippen LogP contribution >= 0.6 is 23.1 Å². The molecule has 0 fully saturated rings. The monoisotopic (exact) mass is 281 g/mol. The van der Waals surface area contributed by atoms with Crippen molar-refractivity contribution in [2.45, 2.75) is 20.3 Å². The molecule has 18 heavy (non-hydrogen) atoms. The van der Waals surface area contributed by atoms with Crippen LogP contribution in [-0.4, -0.2) is 15.5 Å². The Morgan fingerprint density at radius 3 is 2.94 bits per heavy atom. The number of rotatable bonds is 3. The molecule has 1 heterocycles. The summed E-state index contributed by atoms with van der Waals surface area (Å²) in [5, 5.41) is 7.21. The Bertz CT molecular complexity index is 582. The summed E-state index contributed by atoms with van der Waals surface area (Å²) >= 11 is 7.16. The fourth-order valence-electron chi connectivity index (χ4n) is 1.51. The van der Waals surface area contributed by atoms with Gasteiger partial charge in [-0.2, -0.15) is 0 Å². The van der Waals surface area contributed by atoms with Gasteiger partial charge in [-0.05, 0) is 42.6 Å². The number of carbonyl (C=O) groups is 1. The van der Waals surface area contributed by atoms with E-state index in [-0.39, 0.29) is 5.91 Å². The normalized spacial score (nSPS) is 10.4. The van der Waals surface area contributed by atoms with Crippen LogP contribution in [0.15, 0.2) is 18.2 Å². The van der Waals surface area contributed by atoms with Gasteiger partial charge in [0, 0.05) is 0 Å². The SMILES string of the molecule is CCc1nnsc1C(=O)Nc1ccc(C)cc1Cl. The van der Waals surface area contributed by atoms with E-state index in [1.54, 1.807) is 6.07 Å². The lowest BCUT2D eigenvalue weighted by Gasteiger charge is -2.06. The van der Waals surface area contributed by atoms with Gasteiger partial charge in [-0.3, -0.25) is 4.79 Å². The van der Waals surface area contributed by atoms with Crippen molar-refractivity contribution in [2.75, 3.05) is 5.32 Å². The number of nitrogens with zero attached hydrogens (tertiary/aromatic N) is 2. The largest absolute Gasteiger partial charge is 0.320 e. The molecular weight excluding hydrogens is 270 g/mol. The fraction of sp³-hybridized carbons (Fsp3) is 0.250. The summed E-state index contributed by atoms with van der Waals surface area (Å²) in [7, 11) is 0. The van der Waals surface area contributed by atoms with Gasteiger partial charge < -0.3 is 5.32 Å². The van der Waals surface area contributed by atoms with E-state index in [4.69, 9.17) is 11.6 Å². The van der Waals surface area contributed by atoms with E-state index in [0.717, 1.165) is 17.1 Å². The van der Waals surface area contributed by atoms with Crippen LogP contribution in [0, 0.1) is 6.92 Å². The molecule has 2 rings (SSSR count). The van der Waals surface area contributed by atoms with Crippen molar-refractivity contribution in [3.63, 3.8) is 0 Å². The first-order chi connectivity index (χ1) is 8.61. The van der Waals surface area contributed by atoms with Gasteiger partial charge in [0.15, 0.2) is 0 Å². The van der Waals surface area contributed by atoms with Gasteiger partial charge in [-0.1, -0.05) is 29.1 Å². The van der Waals surface area contributed by atoms with Crippen LogP contribution in [0.4, 0.5) is 5.69 Å². The highest BCUT2D eigenvalue weighted by Crippen LogP contribution is 2.24. The third-order valence-electron chi connectivity index (χ3n) is 2.47. The Morgan fingerprint density at radius 1 is 1.50 bits per heavy atom. The van der Waals surface area contributed by atoms with Gasteiger partial charge in [0.1, 0.15) is 4.88 Å². The molecule has 0 atom stereocenters. The minimum atomic E-state index is -0.215. The predicted molar refractivity (Wildman–Crippen MR) is 73.4 cm³/mol. The van der Waals surface area contributed by atoms with Crippen LogP contribution in [0.5, 0.6) is 0 Å². The molecular formula is C12H12ClN3OS. The zero-order valence-corrected chi connectivity index (χ0v) is 11.6. The molecule has 0 unspecified atom stereocenters. The summed E-state index contributed by atoms with van der Waals surface area (Å²) < 4.78 is 3.79. The molecule has 1 aromatic heterocycles. The van der Waals surface area contributed by atoms with E-state index in [1.165, 1.54) is 0 Å². The average Bonchev–Trinajstić information content (AvgIpc) is 2.81. The van der Waals surface area contributed by atoms with Gasteiger partial charge in [0.05, 0.1) is 16.4 Å². The van der Waals surface area contributed by atoms with Crippen molar-refractivity contribution >= 4 is 34.7 Å². The Hall–Kier alpha value is -1.46. The molecule has 1 amide bonds. The van der Waals surface area contributed by atoms with Gasteiger partial charge in [0.25, 0.3) is 5.91 Å². The molecule has 0 radical (unpaired) electrons. The fourth-order valence-corrected chi connectivity index (χ4v) is 2.44.